The van der Waals surface area contributed by atoms with E-state index in [2.05, 4.69) is 12.3 Å². The molecule has 40 heavy (non-hydrogen) atoms. The fourth-order valence-electron chi connectivity index (χ4n) is 2.90. The molecule has 0 spiro atoms. The minimum Gasteiger partial charge on any atom is -0.482 e. The third kappa shape index (κ3) is 16.3. The van der Waals surface area contributed by atoms with Gasteiger partial charge in [0.15, 0.2) is 24.8 Å². The third-order valence-corrected chi connectivity index (χ3v) is 4.76. The maximum Gasteiger partial charge on any atom is 0.344 e. The van der Waals surface area contributed by atoms with Crippen molar-refractivity contribution in [2.45, 2.75) is 33.1 Å². The molecule has 7 nitrogen and oxygen atoms in total. The predicted molar refractivity (Wildman–Crippen MR) is 156 cm³/mol. The van der Waals surface area contributed by atoms with E-state index in [4.69, 9.17) is 18.9 Å². The monoisotopic (exact) mass is 546 g/mol. The summed E-state index contributed by atoms with van der Waals surface area (Å²) in [6.07, 6.45) is 12.2. The van der Waals surface area contributed by atoms with Crippen LogP contribution in [0.1, 0.15) is 43.5 Å². The van der Waals surface area contributed by atoms with Crippen LogP contribution in [0.3, 0.4) is 0 Å². The number of ketones is 1. The molecule has 0 bridgehead atoms. The number of esters is 2. The Hall–Kier alpha value is -4.61. The number of rotatable bonds is 14. The number of allylic oxidation sites excluding steroid dienone is 4. The largest absolute Gasteiger partial charge is 0.482 e. The first-order valence-electron chi connectivity index (χ1n) is 13.2. The van der Waals surface area contributed by atoms with Crippen molar-refractivity contribution in [3.63, 3.8) is 0 Å². The topological polar surface area (TPSA) is 88.1 Å². The molecule has 0 radical (unpaired) electrons. The molecule has 1 aliphatic rings. The number of hydrogen-bond acceptors (Lipinski definition) is 7. The van der Waals surface area contributed by atoms with Crippen molar-refractivity contribution < 1.29 is 33.3 Å². The van der Waals surface area contributed by atoms with E-state index in [0.29, 0.717) is 37.4 Å². The summed E-state index contributed by atoms with van der Waals surface area (Å²) in [5.41, 5.74) is 3.58. The summed E-state index contributed by atoms with van der Waals surface area (Å²) in [5.74, 6) is 0.441. The first kappa shape index (κ1) is 33.4. The summed E-state index contributed by atoms with van der Waals surface area (Å²) in [5, 5.41) is 0. The van der Waals surface area contributed by atoms with Crippen LogP contribution >= 0.6 is 0 Å². The second kappa shape index (κ2) is 22.4. The van der Waals surface area contributed by atoms with Gasteiger partial charge in [0.05, 0.1) is 6.61 Å². The van der Waals surface area contributed by atoms with Crippen molar-refractivity contribution in [2.24, 2.45) is 0 Å². The zero-order chi connectivity index (χ0) is 29.3. The van der Waals surface area contributed by atoms with Crippen molar-refractivity contribution in [2.75, 3.05) is 26.4 Å². The van der Waals surface area contributed by atoms with Gasteiger partial charge in [0.1, 0.15) is 12.4 Å². The van der Waals surface area contributed by atoms with Gasteiger partial charge in [-0.15, -0.1) is 0 Å². The molecule has 2 aromatic rings. The van der Waals surface area contributed by atoms with E-state index in [1.807, 2.05) is 74.5 Å². The fourth-order valence-corrected chi connectivity index (χ4v) is 2.90. The summed E-state index contributed by atoms with van der Waals surface area (Å²) in [6.45, 7) is 7.72. The zero-order valence-corrected chi connectivity index (χ0v) is 23.3. The Kier molecular flexibility index (Phi) is 18.7. The Bertz CT molecular complexity index is 1140. The molecule has 1 aliphatic carbocycles. The maximum absolute atomic E-state index is 11.9. The molecule has 0 aromatic heterocycles. The number of ether oxygens (including phenoxy) is 4. The minimum atomic E-state index is -0.421. The van der Waals surface area contributed by atoms with Gasteiger partial charge in [-0.1, -0.05) is 99.0 Å². The van der Waals surface area contributed by atoms with Crippen LogP contribution in [0.4, 0.5) is 0 Å². The summed E-state index contributed by atoms with van der Waals surface area (Å²) in [6, 6.07) is 18.3. The van der Waals surface area contributed by atoms with Gasteiger partial charge in [-0.3, -0.25) is 4.79 Å². The molecule has 0 N–H and O–H groups in total. The molecular formula is C33H38O7. The van der Waals surface area contributed by atoms with Gasteiger partial charge in [0.25, 0.3) is 0 Å². The summed E-state index contributed by atoms with van der Waals surface area (Å²) in [7, 11) is 0. The van der Waals surface area contributed by atoms with Crippen molar-refractivity contribution in [3.05, 3.63) is 121 Å². The number of Topliss-reactive ketones (excluding diaryl/α,β-unsaturated/α-hetero) is 1. The van der Waals surface area contributed by atoms with Crippen molar-refractivity contribution in [3.8, 4) is 5.75 Å². The van der Waals surface area contributed by atoms with Crippen LogP contribution in [0, 0.1) is 0 Å². The van der Waals surface area contributed by atoms with Gasteiger partial charge >= 0.3 is 11.9 Å². The second-order valence-electron chi connectivity index (χ2n) is 7.75. The van der Waals surface area contributed by atoms with Crippen molar-refractivity contribution in [1.29, 1.82) is 0 Å². The smallest absolute Gasteiger partial charge is 0.344 e. The molecule has 0 heterocycles. The Labute approximate surface area is 237 Å². The van der Waals surface area contributed by atoms with Gasteiger partial charge in [-0.05, 0) is 37.1 Å². The van der Waals surface area contributed by atoms with Gasteiger partial charge in [-0.25, -0.2) is 9.59 Å². The van der Waals surface area contributed by atoms with Crippen LogP contribution < -0.4 is 4.74 Å². The van der Waals surface area contributed by atoms with E-state index >= 15 is 0 Å². The van der Waals surface area contributed by atoms with E-state index in [1.54, 1.807) is 30.4 Å². The van der Waals surface area contributed by atoms with Crippen molar-refractivity contribution in [1.82, 2.24) is 0 Å². The molecule has 0 atom stereocenters. The SMILES string of the molecule is C=CCOC(=O)COC1=C=CC=CC=C1.CC.O=C(COc1ccccc1)OCCCCC(=O)c1ccccc1. The average molecular weight is 547 g/mol. The van der Waals surface area contributed by atoms with E-state index in [-0.39, 0.29) is 25.6 Å². The molecule has 0 aliphatic heterocycles. The Morgan fingerprint density at radius 3 is 2.15 bits per heavy atom. The first-order valence-corrected chi connectivity index (χ1v) is 13.2. The lowest BCUT2D eigenvalue weighted by molar-refractivity contribution is -0.146. The molecule has 0 saturated carbocycles. The molecule has 212 valence electrons. The van der Waals surface area contributed by atoms with E-state index in [1.165, 1.54) is 6.08 Å². The Balaban J connectivity index is 0.000000408. The number of benzene rings is 2. The van der Waals surface area contributed by atoms with Crippen LogP contribution in [0.5, 0.6) is 5.75 Å². The van der Waals surface area contributed by atoms with Gasteiger partial charge in [0, 0.05) is 12.0 Å². The molecule has 2 aromatic carbocycles. The summed E-state index contributed by atoms with van der Waals surface area (Å²) in [4.78, 5) is 34.4. The van der Waals surface area contributed by atoms with E-state index < -0.39 is 11.9 Å². The lowest BCUT2D eigenvalue weighted by Crippen LogP contribution is -2.15. The molecular weight excluding hydrogens is 508 g/mol. The lowest BCUT2D eigenvalue weighted by atomic mass is 10.1. The molecule has 3 rings (SSSR count). The lowest BCUT2D eigenvalue weighted by Gasteiger charge is -2.07. The number of hydrogen-bond donors (Lipinski definition) is 0. The molecule has 0 fully saturated rings. The van der Waals surface area contributed by atoms with Gasteiger partial charge in [-0.2, -0.15) is 0 Å². The molecule has 0 unspecified atom stereocenters. The van der Waals surface area contributed by atoms with Gasteiger partial charge < -0.3 is 18.9 Å². The van der Waals surface area contributed by atoms with Crippen LogP contribution in [0.2, 0.25) is 0 Å². The van der Waals surface area contributed by atoms with Crippen molar-refractivity contribution >= 4 is 17.7 Å². The molecule has 0 amide bonds. The minimum absolute atomic E-state index is 0.104. The van der Waals surface area contributed by atoms with E-state index in [0.717, 1.165) is 5.56 Å². The molecule has 0 saturated heterocycles. The first-order chi connectivity index (χ1) is 19.6. The van der Waals surface area contributed by atoms with Crippen LogP contribution in [-0.2, 0) is 23.8 Å². The normalized spacial score (nSPS) is 10.8. The van der Waals surface area contributed by atoms with Crippen LogP contribution in [0.15, 0.2) is 115 Å². The summed E-state index contributed by atoms with van der Waals surface area (Å²) >= 11 is 0. The second-order valence-corrected chi connectivity index (χ2v) is 7.75. The Morgan fingerprint density at radius 1 is 0.800 bits per heavy atom. The zero-order valence-electron chi connectivity index (χ0n) is 23.3. The molecule has 7 heteroatoms. The standard InChI is InChI=1S/C19H20O4.C12H12O3.C2H6/c20-18(16-9-3-1-4-10-16)13-7-8-14-22-19(21)15-23-17-11-5-2-6-12-17;1-2-9-14-12(13)10-15-11-7-5-3-4-6-8-11;1-2/h1-6,9-12H,7-8,13-15H2;2-7H,1,9-10H2;1-2H3. The number of unbranched alkanes of at least 4 members (excludes halogenated alkanes) is 1. The Morgan fingerprint density at radius 2 is 1.45 bits per heavy atom. The van der Waals surface area contributed by atoms with E-state index in [9.17, 15) is 14.4 Å². The summed E-state index contributed by atoms with van der Waals surface area (Å²) < 4.78 is 20.3. The highest BCUT2D eigenvalue weighted by atomic mass is 16.6. The van der Waals surface area contributed by atoms with Crippen LogP contribution in [-0.4, -0.2) is 44.1 Å². The number of carbonyl (C=O) groups excluding carboxylic acids is 3. The number of para-hydroxylation sites is 1. The highest BCUT2D eigenvalue weighted by molar-refractivity contribution is 5.95. The van der Waals surface area contributed by atoms with Gasteiger partial charge in [0.2, 0.25) is 0 Å². The fraction of sp³-hybridized carbons (Fsp3) is 0.273. The highest BCUT2D eigenvalue weighted by Gasteiger charge is 2.07. The number of carbonyl (C=O) groups is 3. The predicted octanol–water partition coefficient (Wildman–Crippen LogP) is 6.59. The highest BCUT2D eigenvalue weighted by Crippen LogP contribution is 2.09. The average Bonchev–Trinajstić information content (AvgIpc) is 3.29. The third-order valence-electron chi connectivity index (χ3n) is 4.76. The quantitative estimate of drug-likeness (QED) is 0.0869. The maximum atomic E-state index is 11.9. The van der Waals surface area contributed by atoms with Crippen LogP contribution in [0.25, 0.3) is 0 Å².